The Morgan fingerprint density at radius 1 is 0.850 bits per heavy atom. The van der Waals surface area contributed by atoms with E-state index >= 15 is 0 Å². The maximum atomic E-state index is 14.4. The average molecular weight is 544 g/mol. The van der Waals surface area contributed by atoms with E-state index in [9.17, 15) is 18.8 Å². The number of nitrogens with one attached hydrogen (secondary N) is 2. The van der Waals surface area contributed by atoms with Crippen molar-refractivity contribution in [1.29, 1.82) is 0 Å². The standard InChI is InChI=1S/C32H34FN3O4/c1-32(2,3)40-30(38)23-10-6-20(7-11-23)21-12-14-24(15-13-21)34-29(37)28-5-4-18-36(28)31(39)35-25-16-17-26(22-8-9-22)27(33)19-25/h6-7,10-17,19,22,28H,4-5,8-9,18H2,1-3H3,(H,34,37)(H,35,39)/t28-/m1/s1. The maximum Gasteiger partial charge on any atom is 0.338 e. The summed E-state index contributed by atoms with van der Waals surface area (Å²) in [5.41, 5.74) is 3.46. The summed E-state index contributed by atoms with van der Waals surface area (Å²) in [7, 11) is 0. The summed E-state index contributed by atoms with van der Waals surface area (Å²) in [5.74, 6) is -0.656. The molecule has 0 aromatic heterocycles. The van der Waals surface area contributed by atoms with Crippen molar-refractivity contribution in [3.05, 3.63) is 83.7 Å². The van der Waals surface area contributed by atoms with E-state index in [0.29, 0.717) is 41.9 Å². The van der Waals surface area contributed by atoms with Crippen LogP contribution < -0.4 is 10.6 Å². The zero-order valence-corrected chi connectivity index (χ0v) is 23.0. The van der Waals surface area contributed by atoms with Crippen LogP contribution in [0.5, 0.6) is 0 Å². The van der Waals surface area contributed by atoms with Crippen molar-refractivity contribution >= 4 is 29.3 Å². The van der Waals surface area contributed by atoms with Crippen LogP contribution in [0.25, 0.3) is 11.1 Å². The first kappa shape index (κ1) is 27.4. The van der Waals surface area contributed by atoms with Crippen molar-refractivity contribution in [2.75, 3.05) is 17.2 Å². The van der Waals surface area contributed by atoms with Crippen LogP contribution >= 0.6 is 0 Å². The molecule has 1 aliphatic carbocycles. The molecule has 0 spiro atoms. The zero-order valence-electron chi connectivity index (χ0n) is 23.0. The molecule has 3 aromatic rings. The van der Waals surface area contributed by atoms with Gasteiger partial charge in [0.25, 0.3) is 0 Å². The normalized spacial score (nSPS) is 16.9. The third-order valence-electron chi connectivity index (χ3n) is 7.09. The van der Waals surface area contributed by atoms with Crippen molar-refractivity contribution < 1.29 is 23.5 Å². The number of carbonyl (C=O) groups is 3. The fourth-order valence-corrected chi connectivity index (χ4v) is 4.92. The number of benzene rings is 3. The minimum absolute atomic E-state index is 0.266. The van der Waals surface area contributed by atoms with Gasteiger partial charge in [-0.1, -0.05) is 30.3 Å². The highest BCUT2D eigenvalue weighted by Gasteiger charge is 2.34. The number of nitrogens with zero attached hydrogens (tertiary/aromatic N) is 1. The molecular formula is C32H34FN3O4. The number of anilines is 2. The third kappa shape index (κ3) is 6.50. The summed E-state index contributed by atoms with van der Waals surface area (Å²) >= 11 is 0. The summed E-state index contributed by atoms with van der Waals surface area (Å²) < 4.78 is 19.8. The molecule has 3 aromatic carbocycles. The van der Waals surface area contributed by atoms with Gasteiger partial charge in [-0.2, -0.15) is 0 Å². The Balaban J connectivity index is 1.18. The van der Waals surface area contributed by atoms with Gasteiger partial charge in [-0.15, -0.1) is 0 Å². The Morgan fingerprint density at radius 3 is 2.08 bits per heavy atom. The van der Waals surface area contributed by atoms with Gasteiger partial charge in [0, 0.05) is 17.9 Å². The number of ether oxygens (including phenoxy) is 1. The number of amides is 3. The molecule has 5 rings (SSSR count). The van der Waals surface area contributed by atoms with Crippen LogP contribution in [0.2, 0.25) is 0 Å². The number of carbonyl (C=O) groups excluding carboxylic acids is 3. The molecule has 2 fully saturated rings. The van der Waals surface area contributed by atoms with E-state index in [1.165, 1.54) is 11.0 Å². The van der Waals surface area contributed by atoms with Gasteiger partial charge < -0.3 is 20.3 Å². The molecule has 0 radical (unpaired) electrons. The number of esters is 1. The lowest BCUT2D eigenvalue weighted by Gasteiger charge is -2.24. The molecular weight excluding hydrogens is 509 g/mol. The van der Waals surface area contributed by atoms with Crippen molar-refractivity contribution in [2.45, 2.75) is 64.0 Å². The summed E-state index contributed by atoms with van der Waals surface area (Å²) in [5, 5.41) is 5.66. The topological polar surface area (TPSA) is 87.7 Å². The Kier molecular flexibility index (Phi) is 7.61. The van der Waals surface area contributed by atoms with Crippen LogP contribution in [-0.4, -0.2) is 41.0 Å². The number of halogens is 1. The molecule has 1 aliphatic heterocycles. The quantitative estimate of drug-likeness (QED) is 0.329. The van der Waals surface area contributed by atoms with E-state index in [4.69, 9.17) is 4.74 Å². The number of urea groups is 1. The van der Waals surface area contributed by atoms with E-state index in [1.807, 2.05) is 45.0 Å². The Morgan fingerprint density at radius 2 is 1.48 bits per heavy atom. The molecule has 0 bridgehead atoms. The Labute approximate surface area is 233 Å². The predicted molar refractivity (Wildman–Crippen MR) is 153 cm³/mol. The minimum atomic E-state index is -0.615. The molecule has 8 heteroatoms. The summed E-state index contributed by atoms with van der Waals surface area (Å²) in [4.78, 5) is 39.8. The Hall–Kier alpha value is -4.20. The molecule has 1 atom stereocenters. The summed E-state index contributed by atoms with van der Waals surface area (Å²) in [6.07, 6.45) is 3.26. The predicted octanol–water partition coefficient (Wildman–Crippen LogP) is 6.96. The fraction of sp³-hybridized carbons (Fsp3) is 0.344. The summed E-state index contributed by atoms with van der Waals surface area (Å²) in [6, 6.07) is 18.3. The van der Waals surface area contributed by atoms with E-state index in [2.05, 4.69) is 10.6 Å². The van der Waals surface area contributed by atoms with Crippen LogP contribution in [-0.2, 0) is 9.53 Å². The van der Waals surface area contributed by atoms with Crippen molar-refractivity contribution in [2.24, 2.45) is 0 Å². The lowest BCUT2D eigenvalue weighted by Crippen LogP contribution is -2.45. The number of hydrogen-bond acceptors (Lipinski definition) is 4. The van der Waals surface area contributed by atoms with E-state index in [0.717, 1.165) is 24.0 Å². The first-order valence-electron chi connectivity index (χ1n) is 13.7. The Bertz CT molecular complexity index is 1410. The van der Waals surface area contributed by atoms with E-state index in [1.54, 1.807) is 36.4 Å². The minimum Gasteiger partial charge on any atom is -0.456 e. The van der Waals surface area contributed by atoms with Crippen molar-refractivity contribution in [3.63, 3.8) is 0 Å². The van der Waals surface area contributed by atoms with Crippen molar-refractivity contribution in [3.8, 4) is 11.1 Å². The highest BCUT2D eigenvalue weighted by molar-refractivity contribution is 5.99. The van der Waals surface area contributed by atoms with E-state index < -0.39 is 17.7 Å². The monoisotopic (exact) mass is 543 g/mol. The van der Waals surface area contributed by atoms with Crippen LogP contribution in [0.1, 0.15) is 68.3 Å². The fourth-order valence-electron chi connectivity index (χ4n) is 4.92. The maximum absolute atomic E-state index is 14.4. The first-order valence-corrected chi connectivity index (χ1v) is 13.7. The number of rotatable bonds is 6. The van der Waals surface area contributed by atoms with Gasteiger partial charge >= 0.3 is 12.0 Å². The van der Waals surface area contributed by atoms with Crippen LogP contribution in [0.15, 0.2) is 66.7 Å². The lowest BCUT2D eigenvalue weighted by atomic mass is 10.0. The average Bonchev–Trinajstić information content (AvgIpc) is 3.62. The lowest BCUT2D eigenvalue weighted by molar-refractivity contribution is -0.119. The molecule has 40 heavy (non-hydrogen) atoms. The van der Waals surface area contributed by atoms with Gasteiger partial charge in [-0.25, -0.2) is 14.0 Å². The van der Waals surface area contributed by atoms with Gasteiger partial charge in [0.15, 0.2) is 0 Å². The second-order valence-electron chi connectivity index (χ2n) is 11.4. The molecule has 3 amide bonds. The number of hydrogen-bond donors (Lipinski definition) is 2. The van der Waals surface area contributed by atoms with Crippen molar-refractivity contribution in [1.82, 2.24) is 4.90 Å². The van der Waals surface area contributed by atoms with Gasteiger partial charge in [-0.05, 0) is 105 Å². The molecule has 1 saturated carbocycles. The number of likely N-dealkylation sites (tertiary alicyclic amines) is 1. The second kappa shape index (κ2) is 11.1. The molecule has 1 saturated heterocycles. The van der Waals surface area contributed by atoms with E-state index in [-0.39, 0.29) is 23.6 Å². The largest absolute Gasteiger partial charge is 0.456 e. The van der Waals surface area contributed by atoms with Gasteiger partial charge in [0.05, 0.1) is 5.56 Å². The molecule has 1 heterocycles. The third-order valence-corrected chi connectivity index (χ3v) is 7.09. The highest BCUT2D eigenvalue weighted by Crippen LogP contribution is 2.41. The van der Waals surface area contributed by atoms with Crippen LogP contribution in [0.3, 0.4) is 0 Å². The SMILES string of the molecule is CC(C)(C)OC(=O)c1ccc(-c2ccc(NC(=O)[C@H]3CCCN3C(=O)Nc3ccc(C4CC4)c(F)c3)cc2)cc1. The van der Waals surface area contributed by atoms with Gasteiger partial charge in [-0.3, -0.25) is 4.79 Å². The van der Waals surface area contributed by atoms with Crippen LogP contribution in [0, 0.1) is 5.82 Å². The smallest absolute Gasteiger partial charge is 0.338 e. The highest BCUT2D eigenvalue weighted by atomic mass is 19.1. The van der Waals surface area contributed by atoms with Gasteiger partial charge in [0.1, 0.15) is 17.5 Å². The molecule has 2 N–H and O–H groups in total. The molecule has 2 aliphatic rings. The molecule has 7 nitrogen and oxygen atoms in total. The second-order valence-corrected chi connectivity index (χ2v) is 11.4. The summed E-state index contributed by atoms with van der Waals surface area (Å²) in [6.45, 7) is 5.94. The van der Waals surface area contributed by atoms with Gasteiger partial charge in [0.2, 0.25) is 5.91 Å². The zero-order chi connectivity index (χ0) is 28.4. The molecule has 208 valence electrons. The van der Waals surface area contributed by atoms with Crippen LogP contribution in [0.4, 0.5) is 20.6 Å². The molecule has 0 unspecified atom stereocenters. The first-order chi connectivity index (χ1) is 19.1.